The standard InChI is InChI=1S/C40H56FN2O7P/c1-26(2)43(27(3)4)25-31-22-30(16-17-33(31)34-23-36(46-12)42-24-35(34)41)38(45)48-32-15-13-14-29(21-32)20-28(5)37(44)47-18-19-51(49-39(6,7)8)50-40(9,10)11/h13-17,21-24,26-28H,18-20,25H2,1-12H3. The van der Waals surface area contributed by atoms with Gasteiger partial charge in [-0.25, -0.2) is 14.2 Å². The molecule has 0 bridgehead atoms. The molecule has 0 radical (unpaired) electrons. The lowest BCUT2D eigenvalue weighted by molar-refractivity contribution is -0.147. The highest BCUT2D eigenvalue weighted by atomic mass is 31.2. The van der Waals surface area contributed by atoms with Crippen LogP contribution in [0.3, 0.4) is 0 Å². The van der Waals surface area contributed by atoms with Crippen molar-refractivity contribution in [1.82, 2.24) is 9.88 Å². The molecule has 11 heteroatoms. The fourth-order valence-electron chi connectivity index (χ4n) is 5.43. The predicted octanol–water partition coefficient (Wildman–Crippen LogP) is 9.40. The number of esters is 2. The van der Waals surface area contributed by atoms with Crippen molar-refractivity contribution < 1.29 is 37.2 Å². The Morgan fingerprint density at radius 1 is 0.882 bits per heavy atom. The van der Waals surface area contributed by atoms with Crippen molar-refractivity contribution in [2.24, 2.45) is 5.92 Å². The Balaban J connectivity index is 1.74. The first kappa shape index (κ1) is 42.0. The normalized spacial score (nSPS) is 12.9. The van der Waals surface area contributed by atoms with E-state index in [-0.39, 0.29) is 35.9 Å². The minimum atomic E-state index is -1.25. The largest absolute Gasteiger partial charge is 0.481 e. The number of carbonyl (C=O) groups is 2. The van der Waals surface area contributed by atoms with Gasteiger partial charge in [-0.2, -0.15) is 0 Å². The molecule has 51 heavy (non-hydrogen) atoms. The van der Waals surface area contributed by atoms with Gasteiger partial charge in [0, 0.05) is 30.3 Å². The summed E-state index contributed by atoms with van der Waals surface area (Å²) in [4.78, 5) is 32.6. The molecule has 2 aromatic carbocycles. The number of halogens is 1. The molecule has 280 valence electrons. The van der Waals surface area contributed by atoms with Gasteiger partial charge in [-0.3, -0.25) is 9.69 Å². The lowest BCUT2D eigenvalue weighted by atomic mass is 9.96. The summed E-state index contributed by atoms with van der Waals surface area (Å²) < 4.78 is 44.0. The zero-order valence-corrected chi connectivity index (χ0v) is 33.2. The SMILES string of the molecule is COc1cc(-c2ccc(C(=O)Oc3cccc(CC(C)C(=O)OCCP(OC(C)(C)C)OC(C)(C)C)c3)cc2CN(C(C)C)C(C)C)c(F)cn1. The van der Waals surface area contributed by atoms with Crippen LogP contribution in [-0.4, -0.2) is 65.0 Å². The molecule has 0 aliphatic carbocycles. The number of methoxy groups -OCH3 is 1. The number of benzene rings is 2. The van der Waals surface area contributed by atoms with E-state index in [0.717, 1.165) is 17.3 Å². The third-order valence-corrected chi connectivity index (χ3v) is 9.72. The highest BCUT2D eigenvalue weighted by Gasteiger charge is 2.27. The topological polar surface area (TPSA) is 96.4 Å². The summed E-state index contributed by atoms with van der Waals surface area (Å²) in [6, 6.07) is 14.2. The van der Waals surface area contributed by atoms with E-state index in [2.05, 4.69) is 37.6 Å². The van der Waals surface area contributed by atoms with Crippen molar-refractivity contribution in [2.45, 2.75) is 112 Å². The van der Waals surface area contributed by atoms with Crippen molar-refractivity contribution in [3.05, 3.63) is 77.2 Å². The maximum Gasteiger partial charge on any atom is 0.343 e. The zero-order chi connectivity index (χ0) is 38.1. The van der Waals surface area contributed by atoms with Crippen LogP contribution in [0.25, 0.3) is 11.1 Å². The summed E-state index contributed by atoms with van der Waals surface area (Å²) in [6.07, 6.45) is 2.00. The third-order valence-electron chi connectivity index (χ3n) is 7.67. The maximum atomic E-state index is 15.1. The highest BCUT2D eigenvalue weighted by molar-refractivity contribution is 7.47. The van der Waals surface area contributed by atoms with Crippen LogP contribution in [0, 0.1) is 11.7 Å². The van der Waals surface area contributed by atoms with Gasteiger partial charge < -0.3 is 23.3 Å². The Bertz CT molecular complexity index is 1590. The lowest BCUT2D eigenvalue weighted by Crippen LogP contribution is -2.36. The van der Waals surface area contributed by atoms with Gasteiger partial charge in [0.1, 0.15) is 11.6 Å². The highest BCUT2D eigenvalue weighted by Crippen LogP contribution is 2.46. The van der Waals surface area contributed by atoms with Crippen LogP contribution in [-0.2, 0) is 31.5 Å². The molecular formula is C40H56FN2O7P. The zero-order valence-electron chi connectivity index (χ0n) is 32.3. The van der Waals surface area contributed by atoms with Crippen LogP contribution in [0.15, 0.2) is 54.7 Å². The van der Waals surface area contributed by atoms with E-state index < -0.39 is 26.1 Å². The van der Waals surface area contributed by atoms with Crippen molar-refractivity contribution in [1.29, 1.82) is 0 Å². The van der Waals surface area contributed by atoms with Gasteiger partial charge in [0.15, 0.2) is 8.38 Å². The Hall–Kier alpha value is -3.43. The second-order valence-corrected chi connectivity index (χ2v) is 16.7. The summed E-state index contributed by atoms with van der Waals surface area (Å²) in [5.74, 6) is -1.15. The summed E-state index contributed by atoms with van der Waals surface area (Å²) >= 11 is 0. The van der Waals surface area contributed by atoms with Crippen molar-refractivity contribution in [3.8, 4) is 22.8 Å². The van der Waals surface area contributed by atoms with Gasteiger partial charge in [0.25, 0.3) is 0 Å². The number of carbonyl (C=O) groups excluding carboxylic acids is 2. The summed E-state index contributed by atoms with van der Waals surface area (Å²) in [5, 5.41) is 0. The van der Waals surface area contributed by atoms with Gasteiger partial charge in [-0.1, -0.05) is 25.1 Å². The molecule has 0 saturated heterocycles. The Kier molecular flexibility index (Phi) is 15.1. The molecule has 0 fully saturated rings. The molecule has 1 atom stereocenters. The molecule has 1 unspecified atom stereocenters. The maximum absolute atomic E-state index is 15.1. The molecule has 0 saturated carbocycles. The molecule has 0 N–H and O–H groups in total. The molecule has 0 amide bonds. The van der Waals surface area contributed by atoms with E-state index in [0.29, 0.717) is 47.4 Å². The van der Waals surface area contributed by atoms with Crippen LogP contribution in [0.1, 0.15) is 97.6 Å². The average Bonchev–Trinajstić information content (AvgIpc) is 3.02. The summed E-state index contributed by atoms with van der Waals surface area (Å²) in [5.41, 5.74) is 2.12. The number of hydrogen-bond donors (Lipinski definition) is 0. The fraction of sp³-hybridized carbons (Fsp3) is 0.525. The van der Waals surface area contributed by atoms with Gasteiger partial charge in [0.2, 0.25) is 5.88 Å². The van der Waals surface area contributed by atoms with Crippen LogP contribution in [0.4, 0.5) is 4.39 Å². The summed E-state index contributed by atoms with van der Waals surface area (Å²) in [7, 11) is 0.232. The first-order valence-electron chi connectivity index (χ1n) is 17.5. The van der Waals surface area contributed by atoms with Gasteiger partial charge >= 0.3 is 11.9 Å². The van der Waals surface area contributed by atoms with Crippen LogP contribution >= 0.6 is 8.38 Å². The minimum absolute atomic E-state index is 0.187. The van der Waals surface area contributed by atoms with E-state index in [1.807, 2.05) is 54.5 Å². The van der Waals surface area contributed by atoms with E-state index in [4.69, 9.17) is 23.3 Å². The second kappa shape index (κ2) is 18.4. The fourth-order valence-corrected chi connectivity index (χ4v) is 7.11. The van der Waals surface area contributed by atoms with Gasteiger partial charge in [-0.15, -0.1) is 0 Å². The lowest BCUT2D eigenvalue weighted by Gasteiger charge is -2.31. The van der Waals surface area contributed by atoms with E-state index in [1.54, 1.807) is 42.5 Å². The Labute approximate surface area is 305 Å². The second-order valence-electron chi connectivity index (χ2n) is 15.2. The molecule has 9 nitrogen and oxygen atoms in total. The van der Waals surface area contributed by atoms with Crippen LogP contribution in [0.2, 0.25) is 0 Å². The molecule has 1 aromatic heterocycles. The number of ether oxygens (including phenoxy) is 3. The molecule has 1 heterocycles. The number of pyridine rings is 1. The molecule has 3 rings (SSSR count). The molecule has 3 aromatic rings. The predicted molar refractivity (Wildman–Crippen MR) is 201 cm³/mol. The van der Waals surface area contributed by atoms with E-state index >= 15 is 4.39 Å². The van der Waals surface area contributed by atoms with E-state index in [9.17, 15) is 9.59 Å². The first-order chi connectivity index (χ1) is 23.8. The van der Waals surface area contributed by atoms with Gasteiger partial charge in [0.05, 0.1) is 48.8 Å². The van der Waals surface area contributed by atoms with Crippen LogP contribution in [0.5, 0.6) is 11.6 Å². The summed E-state index contributed by atoms with van der Waals surface area (Å²) in [6.45, 7) is 22.7. The number of hydrogen-bond acceptors (Lipinski definition) is 9. The average molecular weight is 727 g/mol. The van der Waals surface area contributed by atoms with Crippen molar-refractivity contribution in [3.63, 3.8) is 0 Å². The van der Waals surface area contributed by atoms with Crippen molar-refractivity contribution in [2.75, 3.05) is 19.9 Å². The Morgan fingerprint density at radius 3 is 2.12 bits per heavy atom. The molecule has 0 spiro atoms. The number of rotatable bonds is 16. The van der Waals surface area contributed by atoms with Crippen molar-refractivity contribution >= 4 is 20.3 Å². The smallest absolute Gasteiger partial charge is 0.343 e. The quantitative estimate of drug-likeness (QED) is 0.0813. The first-order valence-corrected chi connectivity index (χ1v) is 18.8. The monoisotopic (exact) mass is 726 g/mol. The Morgan fingerprint density at radius 2 is 1.53 bits per heavy atom. The van der Waals surface area contributed by atoms with E-state index in [1.165, 1.54) is 7.11 Å². The van der Waals surface area contributed by atoms with Gasteiger partial charge in [-0.05, 0) is 117 Å². The number of aromatic nitrogens is 1. The third kappa shape index (κ3) is 13.6. The number of nitrogens with zero attached hydrogens (tertiary/aromatic N) is 2. The molecule has 0 aliphatic rings. The minimum Gasteiger partial charge on any atom is -0.481 e. The molecular weight excluding hydrogens is 670 g/mol. The molecule has 0 aliphatic heterocycles. The van der Waals surface area contributed by atoms with Crippen LogP contribution < -0.4 is 9.47 Å².